The van der Waals surface area contributed by atoms with Gasteiger partial charge in [-0.25, -0.2) is 4.79 Å². The molecule has 1 aromatic rings. The summed E-state index contributed by atoms with van der Waals surface area (Å²) >= 11 is 0. The van der Waals surface area contributed by atoms with Gasteiger partial charge in [-0.3, -0.25) is 4.79 Å². The monoisotopic (exact) mass is 760 g/mol. The van der Waals surface area contributed by atoms with Gasteiger partial charge in [-0.1, -0.05) is 39.7 Å². The van der Waals surface area contributed by atoms with Gasteiger partial charge >= 0.3 is 5.97 Å². The molecule has 3 saturated carbocycles. The van der Waals surface area contributed by atoms with Crippen LogP contribution in [0.25, 0.3) is 6.08 Å². The van der Waals surface area contributed by atoms with Crippen molar-refractivity contribution in [1.82, 2.24) is 0 Å². The second kappa shape index (κ2) is 14.1. The molecule has 3 aliphatic heterocycles. The zero-order chi connectivity index (χ0) is 40.4. The molecule has 3 heterocycles. The summed E-state index contributed by atoms with van der Waals surface area (Å²) in [6, 6.07) is 0. The van der Waals surface area contributed by atoms with Gasteiger partial charge in [0, 0.05) is 40.9 Å². The summed E-state index contributed by atoms with van der Waals surface area (Å²) in [5.74, 6) is -4.33. The van der Waals surface area contributed by atoms with Crippen molar-refractivity contribution in [1.29, 1.82) is 0 Å². The van der Waals surface area contributed by atoms with E-state index >= 15 is 4.79 Å². The number of ether oxygens (including phenoxy) is 4. The predicted octanol–water partition coefficient (Wildman–Crippen LogP) is 6.10. The molecular formula is C42H56N4O9. The number of fused-ring (bicyclic) bond motifs is 2. The van der Waals surface area contributed by atoms with Crippen molar-refractivity contribution in [3.05, 3.63) is 57.7 Å². The SMILES string of the molecule is COC(=O)/C(C)=C\CC12OC(C)(C)C3CC(C1=O)C(C(/C(N)=N/O)/C(N)=N/O)C1Cc4c(O)c5c(c(CC=C(C)C)c4OC132)OC(C)(CCC=C(C)C)C=C5. The van der Waals surface area contributed by atoms with Crippen LogP contribution < -0.4 is 20.9 Å². The third-order valence-electron chi connectivity index (χ3n) is 12.7. The smallest absolute Gasteiger partial charge is 0.333 e. The highest BCUT2D eigenvalue weighted by molar-refractivity contribution is 6.06. The third kappa shape index (κ3) is 6.09. The van der Waals surface area contributed by atoms with Crippen LogP contribution in [0, 0.1) is 29.6 Å². The lowest BCUT2D eigenvalue weighted by atomic mass is 9.42. The Bertz CT molecular complexity index is 1950. The molecule has 13 nitrogen and oxygen atoms in total. The Kier molecular flexibility index (Phi) is 10.2. The average Bonchev–Trinajstić information content (AvgIpc) is 3.28. The Hall–Kier alpha value is -4.78. The van der Waals surface area contributed by atoms with E-state index in [-0.39, 0.29) is 42.0 Å². The maximum atomic E-state index is 15.3. The highest BCUT2D eigenvalue weighted by atomic mass is 16.6. The van der Waals surface area contributed by atoms with Gasteiger partial charge in [0.25, 0.3) is 0 Å². The molecular weight excluding hydrogens is 704 g/mol. The number of ketones is 1. The first kappa shape index (κ1) is 39.9. The van der Waals surface area contributed by atoms with E-state index < -0.39 is 52.0 Å². The molecule has 4 bridgehead atoms. The summed E-state index contributed by atoms with van der Waals surface area (Å²) in [7, 11) is 1.29. The Morgan fingerprint density at radius 2 is 1.67 bits per heavy atom. The number of benzene rings is 1. The minimum atomic E-state index is -1.61. The first-order valence-corrected chi connectivity index (χ1v) is 19.0. The number of nitrogens with two attached hydrogens (primary N) is 2. The van der Waals surface area contributed by atoms with Crippen LogP contribution in [0.2, 0.25) is 0 Å². The molecule has 1 spiro atoms. The molecule has 0 aromatic heterocycles. The van der Waals surface area contributed by atoms with Crippen LogP contribution in [0.1, 0.15) is 97.8 Å². The van der Waals surface area contributed by atoms with Gasteiger partial charge in [0.2, 0.25) is 0 Å². The first-order chi connectivity index (χ1) is 25.8. The van der Waals surface area contributed by atoms with Crippen molar-refractivity contribution in [2.45, 2.75) is 116 Å². The maximum Gasteiger partial charge on any atom is 0.333 e. The number of carbonyl (C=O) groups excluding carboxylic acids is 2. The standard InChI is InChI=1S/C42H56N4O9/c1-21(2)11-10-16-40(8)17-15-24-32(47)27-19-28-30(31(36(43)45-50)37(44)46-51)26-20-29-39(6,7)55-41(35(26)48,18-14-23(5)38(49)52-9)42(28,29)54-34(27)25(33(24)53-40)13-12-22(3)4/h11-12,14-15,17,26,28-31,47,50-51H,10,13,16,18-20H2,1-9H3,(H2,43,45)(H2,44,46)/b23-14-. The molecule has 6 aliphatic rings. The molecule has 298 valence electrons. The number of phenolic OH excluding ortho intramolecular Hbond substituents is 1. The molecule has 0 amide bonds. The van der Waals surface area contributed by atoms with E-state index in [1.165, 1.54) is 12.7 Å². The van der Waals surface area contributed by atoms with E-state index in [4.69, 9.17) is 30.4 Å². The molecule has 0 radical (unpaired) electrons. The van der Waals surface area contributed by atoms with Crippen LogP contribution in [0.15, 0.2) is 51.3 Å². The van der Waals surface area contributed by atoms with Crippen molar-refractivity contribution < 1.29 is 44.1 Å². The molecule has 1 aromatic carbocycles. The molecule has 13 heteroatoms. The molecule has 7 N–H and O–H groups in total. The molecule has 7 atom stereocenters. The first-order valence-electron chi connectivity index (χ1n) is 19.0. The van der Waals surface area contributed by atoms with Crippen molar-refractivity contribution in [2.75, 3.05) is 7.11 Å². The van der Waals surface area contributed by atoms with Gasteiger partial charge in [0.1, 0.15) is 34.5 Å². The average molecular weight is 761 g/mol. The lowest BCUT2D eigenvalue weighted by molar-refractivity contribution is -0.222. The minimum absolute atomic E-state index is 0.0120. The predicted molar refractivity (Wildman–Crippen MR) is 207 cm³/mol. The fraction of sp³-hybridized carbons (Fsp3) is 0.571. The maximum absolute atomic E-state index is 15.3. The summed E-state index contributed by atoms with van der Waals surface area (Å²) < 4.78 is 26.4. The lowest BCUT2D eigenvalue weighted by Crippen LogP contribution is -2.79. The number of Topliss-reactive ketones (excluding diaryl/α,β-unsaturated/α-hetero) is 1. The van der Waals surface area contributed by atoms with E-state index in [1.54, 1.807) is 13.0 Å². The zero-order valence-electron chi connectivity index (χ0n) is 33.4. The van der Waals surface area contributed by atoms with Crippen LogP contribution in [-0.4, -0.2) is 68.5 Å². The molecule has 7 unspecified atom stereocenters. The minimum Gasteiger partial charge on any atom is -0.507 e. The Labute approximate surface area is 322 Å². The number of nitrogens with zero attached hydrogens (tertiary/aromatic N) is 2. The number of oxime groups is 2. The van der Waals surface area contributed by atoms with Crippen molar-refractivity contribution in [2.24, 2.45) is 51.4 Å². The van der Waals surface area contributed by atoms with Crippen LogP contribution in [0.3, 0.4) is 0 Å². The van der Waals surface area contributed by atoms with Gasteiger partial charge in [-0.2, -0.15) is 0 Å². The summed E-state index contributed by atoms with van der Waals surface area (Å²) in [4.78, 5) is 28.0. The Morgan fingerprint density at radius 3 is 2.27 bits per heavy atom. The highest BCUT2D eigenvalue weighted by Crippen LogP contribution is 2.72. The zero-order valence-corrected chi connectivity index (χ0v) is 33.4. The molecule has 4 fully saturated rings. The normalized spacial score (nSPS) is 31.5. The number of aromatic hydroxyl groups is 1. The Balaban J connectivity index is 1.65. The number of phenols is 1. The second-order valence-electron chi connectivity index (χ2n) is 17.1. The fourth-order valence-electron chi connectivity index (χ4n) is 10.3. The van der Waals surface area contributed by atoms with Crippen molar-refractivity contribution in [3.8, 4) is 17.2 Å². The van der Waals surface area contributed by atoms with E-state index in [0.717, 1.165) is 17.6 Å². The lowest BCUT2D eigenvalue weighted by Gasteiger charge is -2.65. The summed E-state index contributed by atoms with van der Waals surface area (Å²) in [5, 5.41) is 38.8. The van der Waals surface area contributed by atoms with Crippen LogP contribution >= 0.6 is 0 Å². The van der Waals surface area contributed by atoms with Crippen molar-refractivity contribution >= 4 is 29.5 Å². The highest BCUT2D eigenvalue weighted by Gasteiger charge is 2.84. The van der Waals surface area contributed by atoms with Gasteiger partial charge in [0.15, 0.2) is 17.0 Å². The number of allylic oxidation sites excluding steroid dienone is 4. The number of amidine groups is 2. The van der Waals surface area contributed by atoms with E-state index in [2.05, 4.69) is 36.3 Å². The Morgan fingerprint density at radius 1 is 1.02 bits per heavy atom. The summed E-state index contributed by atoms with van der Waals surface area (Å²) in [6.45, 7) is 15.7. The van der Waals surface area contributed by atoms with E-state index in [0.29, 0.717) is 47.5 Å². The largest absolute Gasteiger partial charge is 0.507 e. The molecule has 3 aliphatic carbocycles. The molecule has 1 saturated heterocycles. The summed E-state index contributed by atoms with van der Waals surface area (Å²) in [6.07, 6.45) is 12.2. The van der Waals surface area contributed by atoms with E-state index in [9.17, 15) is 20.3 Å². The van der Waals surface area contributed by atoms with Crippen LogP contribution in [0.4, 0.5) is 0 Å². The van der Waals surface area contributed by atoms with E-state index in [1.807, 2.05) is 46.8 Å². The number of hydrogen-bond donors (Lipinski definition) is 5. The van der Waals surface area contributed by atoms with Gasteiger partial charge in [-0.05, 0) is 106 Å². The number of carbonyl (C=O) groups is 2. The van der Waals surface area contributed by atoms with Crippen LogP contribution in [-0.2, 0) is 31.9 Å². The molecule has 55 heavy (non-hydrogen) atoms. The number of rotatable bonds is 11. The number of esters is 1. The third-order valence-corrected chi connectivity index (χ3v) is 12.7. The van der Waals surface area contributed by atoms with Gasteiger partial charge < -0.3 is 45.9 Å². The topological polar surface area (TPSA) is 209 Å². The number of methoxy groups -OCH3 is 1. The number of hydrogen-bond acceptors (Lipinski definition) is 11. The summed E-state index contributed by atoms with van der Waals surface area (Å²) in [5.41, 5.74) is 12.4. The van der Waals surface area contributed by atoms with Gasteiger partial charge in [0.05, 0.1) is 24.2 Å². The quantitative estimate of drug-likeness (QED) is 0.0331. The van der Waals surface area contributed by atoms with Crippen LogP contribution in [0.5, 0.6) is 17.2 Å². The second-order valence-corrected chi connectivity index (χ2v) is 17.1. The fourth-order valence-corrected chi connectivity index (χ4v) is 10.3. The van der Waals surface area contributed by atoms with Gasteiger partial charge in [-0.15, -0.1) is 0 Å². The van der Waals surface area contributed by atoms with Crippen molar-refractivity contribution in [3.63, 3.8) is 0 Å². The molecule has 7 rings (SSSR count).